The number of carboxylic acids is 1. The van der Waals surface area contributed by atoms with Crippen molar-refractivity contribution in [3.63, 3.8) is 0 Å². The van der Waals surface area contributed by atoms with E-state index in [4.69, 9.17) is 5.11 Å². The van der Waals surface area contributed by atoms with Crippen LogP contribution in [0.1, 0.15) is 6.92 Å². The van der Waals surface area contributed by atoms with E-state index in [9.17, 15) is 9.59 Å². The molecule has 0 bridgehead atoms. The highest BCUT2D eigenvalue weighted by atomic mass is 16.5. The third-order valence-electron chi connectivity index (χ3n) is 0.811. The van der Waals surface area contributed by atoms with Gasteiger partial charge in [0.05, 0.1) is 6.61 Å². The van der Waals surface area contributed by atoms with Crippen LogP contribution >= 0.6 is 0 Å². The fourth-order valence-corrected chi connectivity index (χ4v) is 0.425. The highest BCUT2D eigenvalue weighted by Crippen LogP contribution is 1.81. The predicted molar refractivity (Wildman–Crippen MR) is 38.9 cm³/mol. The van der Waals surface area contributed by atoms with E-state index in [1.807, 2.05) is 0 Å². The molecule has 0 saturated heterocycles. The molecule has 0 heterocycles. The number of carbonyl (C=O) groups excluding carboxylic acids is 1. The summed E-state index contributed by atoms with van der Waals surface area (Å²) in [7, 11) is 0. The van der Waals surface area contributed by atoms with E-state index in [0.717, 1.165) is 0 Å². The predicted octanol–water partition coefficient (Wildman–Crippen LogP) is 0.0863. The Balaban J connectivity index is 3.46. The first-order valence-electron chi connectivity index (χ1n) is 3.37. The topological polar surface area (TPSA) is 88.3 Å². The molecule has 0 amide bonds. The third kappa shape index (κ3) is 6.66. The molecule has 0 aromatic heterocycles. The minimum atomic E-state index is -1.08. The zero-order chi connectivity index (χ0) is 9.40. The molecule has 0 aliphatic heterocycles. The minimum Gasteiger partial charge on any atom is -0.480 e. The summed E-state index contributed by atoms with van der Waals surface area (Å²) in [6.45, 7) is 1.32. The van der Waals surface area contributed by atoms with Crippen LogP contribution in [0.5, 0.6) is 0 Å². The molecule has 6 heteroatoms. The molecule has 0 aromatic carbocycles. The van der Waals surface area contributed by atoms with Crippen LogP contribution in [0.2, 0.25) is 0 Å². The van der Waals surface area contributed by atoms with E-state index in [2.05, 4.69) is 15.0 Å². The van der Waals surface area contributed by atoms with Crippen LogP contribution in [0.15, 0.2) is 10.2 Å². The first-order valence-corrected chi connectivity index (χ1v) is 3.37. The molecule has 0 aliphatic rings. The largest absolute Gasteiger partial charge is 0.480 e. The number of rotatable bonds is 5. The summed E-state index contributed by atoms with van der Waals surface area (Å²) in [6.07, 6.45) is 0. The number of nitrogens with zero attached hydrogens (tertiary/aromatic N) is 2. The number of carbonyl (C=O) groups is 2. The van der Waals surface area contributed by atoms with Crippen LogP contribution in [0, 0.1) is 0 Å². The molecule has 6 nitrogen and oxygen atoms in total. The molecular weight excluding hydrogens is 164 g/mol. The molecule has 12 heavy (non-hydrogen) atoms. The lowest BCUT2D eigenvalue weighted by Gasteiger charge is -1.94. The molecule has 0 atom stereocenters. The minimum absolute atomic E-state index is 0.221. The van der Waals surface area contributed by atoms with Gasteiger partial charge in [0, 0.05) is 0 Å². The van der Waals surface area contributed by atoms with Gasteiger partial charge in [0.1, 0.15) is 0 Å². The molecule has 0 rings (SSSR count). The summed E-state index contributed by atoms with van der Waals surface area (Å²) in [5.74, 6) is -1.59. The maximum Gasteiger partial charge on any atom is 0.329 e. The van der Waals surface area contributed by atoms with Crippen LogP contribution < -0.4 is 0 Å². The van der Waals surface area contributed by atoms with Gasteiger partial charge in [-0.15, -0.1) is 0 Å². The smallest absolute Gasteiger partial charge is 0.329 e. The zero-order valence-corrected chi connectivity index (χ0v) is 6.69. The van der Waals surface area contributed by atoms with Gasteiger partial charge in [0.25, 0.3) is 0 Å². The fourth-order valence-electron chi connectivity index (χ4n) is 0.425. The highest BCUT2D eigenvalue weighted by Gasteiger charge is 1.98. The average Bonchev–Trinajstić information content (AvgIpc) is 1.98. The Morgan fingerprint density at radius 1 is 1.33 bits per heavy atom. The fraction of sp³-hybridized carbons (Fsp3) is 0.667. The van der Waals surface area contributed by atoms with Gasteiger partial charge < -0.3 is 9.84 Å². The molecule has 0 aliphatic carbocycles. The van der Waals surface area contributed by atoms with Gasteiger partial charge in [-0.3, -0.25) is 4.79 Å². The third-order valence-corrected chi connectivity index (χ3v) is 0.811. The molecule has 68 valence electrons. The normalized spacial score (nSPS) is 10.1. The standard InChI is InChI=1S/C6H10N2O4/c1-2-12-6(11)4-8-7-3-5(9)10/h2-4H2,1H3,(H,9,10). The van der Waals surface area contributed by atoms with Crippen molar-refractivity contribution in [2.75, 3.05) is 19.7 Å². The summed E-state index contributed by atoms with van der Waals surface area (Å²) < 4.78 is 4.51. The van der Waals surface area contributed by atoms with Gasteiger partial charge in [0.2, 0.25) is 0 Å². The summed E-state index contributed by atoms with van der Waals surface area (Å²) in [6, 6.07) is 0. The quantitative estimate of drug-likeness (QED) is 0.472. The van der Waals surface area contributed by atoms with E-state index >= 15 is 0 Å². The number of ether oxygens (including phenoxy) is 1. The Morgan fingerprint density at radius 3 is 2.42 bits per heavy atom. The number of carboxylic acid groups (broad SMARTS) is 1. The Morgan fingerprint density at radius 2 is 1.92 bits per heavy atom. The Labute approximate surface area is 69.2 Å². The number of hydrogen-bond acceptors (Lipinski definition) is 5. The van der Waals surface area contributed by atoms with E-state index in [0.29, 0.717) is 0 Å². The molecule has 0 fully saturated rings. The molecule has 0 unspecified atom stereocenters. The number of hydrogen-bond donors (Lipinski definition) is 1. The monoisotopic (exact) mass is 174 g/mol. The van der Waals surface area contributed by atoms with Gasteiger partial charge in [-0.1, -0.05) is 0 Å². The maximum absolute atomic E-state index is 10.6. The second-order valence-electron chi connectivity index (χ2n) is 1.80. The lowest BCUT2D eigenvalue weighted by molar-refractivity contribution is -0.141. The van der Waals surface area contributed by atoms with Crippen LogP contribution in [0.3, 0.4) is 0 Å². The highest BCUT2D eigenvalue weighted by molar-refractivity contribution is 5.71. The lowest BCUT2D eigenvalue weighted by Crippen LogP contribution is -2.07. The van der Waals surface area contributed by atoms with Gasteiger partial charge >= 0.3 is 11.9 Å². The van der Waals surface area contributed by atoms with E-state index < -0.39 is 18.5 Å². The van der Waals surface area contributed by atoms with Crippen molar-refractivity contribution in [2.45, 2.75) is 6.92 Å². The lowest BCUT2D eigenvalue weighted by atomic mass is 10.7. The molecule has 0 spiro atoms. The van der Waals surface area contributed by atoms with Crippen molar-refractivity contribution in [1.82, 2.24) is 0 Å². The number of aliphatic carboxylic acids is 1. The summed E-state index contributed by atoms with van der Waals surface area (Å²) in [5, 5.41) is 14.6. The second-order valence-corrected chi connectivity index (χ2v) is 1.80. The molecular formula is C6H10N2O4. The first-order chi connectivity index (χ1) is 5.66. The summed E-state index contributed by atoms with van der Waals surface area (Å²) in [5.41, 5.74) is 0. The SMILES string of the molecule is CCOC(=O)CN=NCC(=O)O. The van der Waals surface area contributed by atoms with E-state index in [1.54, 1.807) is 6.92 Å². The van der Waals surface area contributed by atoms with Crippen molar-refractivity contribution in [3.05, 3.63) is 0 Å². The van der Waals surface area contributed by atoms with Crippen molar-refractivity contribution in [3.8, 4) is 0 Å². The first kappa shape index (κ1) is 10.5. The van der Waals surface area contributed by atoms with E-state index in [-0.39, 0.29) is 13.2 Å². The number of azo groups is 1. The molecule has 0 saturated carbocycles. The van der Waals surface area contributed by atoms with E-state index in [1.165, 1.54) is 0 Å². The second kappa shape index (κ2) is 6.26. The van der Waals surface area contributed by atoms with Crippen LogP contribution in [0.4, 0.5) is 0 Å². The maximum atomic E-state index is 10.6. The Kier molecular flexibility index (Phi) is 5.50. The Hall–Kier alpha value is -1.46. The van der Waals surface area contributed by atoms with Crippen molar-refractivity contribution >= 4 is 11.9 Å². The van der Waals surface area contributed by atoms with Crippen LogP contribution in [0.25, 0.3) is 0 Å². The Bertz CT molecular complexity index is 190. The van der Waals surface area contributed by atoms with Gasteiger partial charge in [-0.25, -0.2) is 4.79 Å². The van der Waals surface area contributed by atoms with Gasteiger partial charge in [0.15, 0.2) is 13.1 Å². The molecule has 0 radical (unpaired) electrons. The summed E-state index contributed by atoms with van der Waals surface area (Å²) >= 11 is 0. The van der Waals surface area contributed by atoms with Crippen molar-refractivity contribution in [1.29, 1.82) is 0 Å². The van der Waals surface area contributed by atoms with Gasteiger partial charge in [-0.2, -0.15) is 10.2 Å². The van der Waals surface area contributed by atoms with Gasteiger partial charge in [-0.05, 0) is 6.92 Å². The number of esters is 1. The van der Waals surface area contributed by atoms with Crippen molar-refractivity contribution in [2.24, 2.45) is 10.2 Å². The average molecular weight is 174 g/mol. The van der Waals surface area contributed by atoms with Crippen LogP contribution in [-0.4, -0.2) is 36.7 Å². The molecule has 1 N–H and O–H groups in total. The summed E-state index contributed by atoms with van der Waals surface area (Å²) in [4.78, 5) is 20.5. The molecule has 0 aromatic rings. The van der Waals surface area contributed by atoms with Crippen molar-refractivity contribution < 1.29 is 19.4 Å². The zero-order valence-electron chi connectivity index (χ0n) is 6.69. The van der Waals surface area contributed by atoms with Crippen LogP contribution in [-0.2, 0) is 14.3 Å².